The highest BCUT2D eigenvalue weighted by Gasteiger charge is 2.30. The highest BCUT2D eigenvalue weighted by atomic mass is 16.3. The van der Waals surface area contributed by atoms with Crippen molar-refractivity contribution in [1.29, 1.82) is 0 Å². The number of rotatable bonds is 5. The number of aryl methyl sites for hydroxylation is 1. The lowest BCUT2D eigenvalue weighted by Gasteiger charge is -2.33. The maximum atomic E-state index is 12.9. The van der Waals surface area contributed by atoms with E-state index in [-0.39, 0.29) is 24.5 Å². The molecule has 1 aliphatic rings. The fourth-order valence-corrected chi connectivity index (χ4v) is 3.40. The molecule has 1 aromatic heterocycles. The van der Waals surface area contributed by atoms with Gasteiger partial charge in [0.2, 0.25) is 5.91 Å². The molecule has 2 aromatic rings. The van der Waals surface area contributed by atoms with E-state index in [4.69, 9.17) is 0 Å². The summed E-state index contributed by atoms with van der Waals surface area (Å²) in [5.74, 6) is 0.147. The van der Waals surface area contributed by atoms with Crippen LogP contribution in [0.5, 0.6) is 0 Å². The molecule has 5 nitrogen and oxygen atoms in total. The van der Waals surface area contributed by atoms with Crippen molar-refractivity contribution in [3.8, 4) is 0 Å². The van der Waals surface area contributed by atoms with Crippen molar-refractivity contribution in [2.24, 2.45) is 5.92 Å². The van der Waals surface area contributed by atoms with Crippen LogP contribution in [-0.2, 0) is 17.8 Å². The summed E-state index contributed by atoms with van der Waals surface area (Å²) in [7, 11) is 1.85. The number of fused-ring (bicyclic) bond motifs is 1. The van der Waals surface area contributed by atoms with Gasteiger partial charge >= 0.3 is 0 Å². The Labute approximate surface area is 136 Å². The Balaban J connectivity index is 1.75. The Hall–Kier alpha value is -2.14. The minimum absolute atomic E-state index is 0.00546. The Kier molecular flexibility index (Phi) is 4.76. The zero-order valence-corrected chi connectivity index (χ0v) is 13.4. The van der Waals surface area contributed by atoms with E-state index in [1.54, 1.807) is 0 Å². The largest absolute Gasteiger partial charge is 0.396 e. The molecule has 0 radical (unpaired) electrons. The van der Waals surface area contributed by atoms with Gasteiger partial charge in [-0.05, 0) is 18.4 Å². The molecule has 1 amide bonds. The molecule has 1 aliphatic heterocycles. The molecule has 0 saturated heterocycles. The summed E-state index contributed by atoms with van der Waals surface area (Å²) in [6, 6.07) is 9.85. The Morgan fingerprint density at radius 3 is 2.96 bits per heavy atom. The van der Waals surface area contributed by atoms with Gasteiger partial charge in [-0.1, -0.05) is 30.3 Å². The third-order valence-corrected chi connectivity index (χ3v) is 4.72. The predicted octanol–water partition coefficient (Wildman–Crippen LogP) is 2.03. The zero-order chi connectivity index (χ0) is 16.2. The number of imidazole rings is 1. The molecule has 0 bridgehead atoms. The molecule has 0 spiro atoms. The van der Waals surface area contributed by atoms with Crippen molar-refractivity contribution < 1.29 is 9.90 Å². The van der Waals surface area contributed by atoms with Crippen molar-refractivity contribution in [2.45, 2.75) is 31.8 Å². The van der Waals surface area contributed by atoms with Gasteiger partial charge in [-0.2, -0.15) is 0 Å². The zero-order valence-electron chi connectivity index (χ0n) is 13.4. The summed E-state index contributed by atoms with van der Waals surface area (Å²) < 4.78 is 2.12. The van der Waals surface area contributed by atoms with Gasteiger partial charge in [-0.25, -0.2) is 4.98 Å². The Morgan fingerprint density at radius 2 is 2.22 bits per heavy atom. The highest BCUT2D eigenvalue weighted by Crippen LogP contribution is 2.28. The molecule has 0 aliphatic carbocycles. The molecular formula is C18H23N3O2. The van der Waals surface area contributed by atoms with E-state index in [2.05, 4.69) is 9.55 Å². The monoisotopic (exact) mass is 313 g/mol. The summed E-state index contributed by atoms with van der Waals surface area (Å²) >= 11 is 0. The van der Waals surface area contributed by atoms with Crippen LogP contribution in [0.25, 0.3) is 0 Å². The van der Waals surface area contributed by atoms with Crippen LogP contribution in [0.15, 0.2) is 42.9 Å². The fourth-order valence-electron chi connectivity index (χ4n) is 3.40. The van der Waals surface area contributed by atoms with Gasteiger partial charge in [0.25, 0.3) is 0 Å². The second kappa shape index (κ2) is 6.96. The maximum Gasteiger partial charge on any atom is 0.226 e. The van der Waals surface area contributed by atoms with Crippen LogP contribution in [0, 0.1) is 5.92 Å². The van der Waals surface area contributed by atoms with E-state index in [9.17, 15) is 9.90 Å². The lowest BCUT2D eigenvalue weighted by molar-refractivity contribution is -0.137. The summed E-state index contributed by atoms with van der Waals surface area (Å²) in [6.45, 7) is 0.907. The molecule has 122 valence electrons. The number of hydrogen-bond donors (Lipinski definition) is 1. The first kappa shape index (κ1) is 15.7. The normalized spacial score (nSPS) is 18.3. The van der Waals surface area contributed by atoms with Gasteiger partial charge in [0, 0.05) is 44.4 Å². The van der Waals surface area contributed by atoms with Crippen molar-refractivity contribution in [3.05, 3.63) is 54.1 Å². The molecule has 2 atom stereocenters. The van der Waals surface area contributed by atoms with Gasteiger partial charge < -0.3 is 14.6 Å². The number of hydrogen-bond acceptors (Lipinski definition) is 3. The summed E-state index contributed by atoms with van der Waals surface area (Å²) in [5, 5.41) is 9.39. The van der Waals surface area contributed by atoms with E-state index < -0.39 is 0 Å². The average Bonchev–Trinajstić information content (AvgIpc) is 3.07. The molecule has 2 heterocycles. The molecule has 3 rings (SSSR count). The highest BCUT2D eigenvalue weighted by molar-refractivity contribution is 5.79. The van der Waals surface area contributed by atoms with Crippen LogP contribution in [-0.4, -0.2) is 39.1 Å². The van der Waals surface area contributed by atoms with E-state index in [1.807, 2.05) is 54.8 Å². The third kappa shape index (κ3) is 3.29. The van der Waals surface area contributed by atoms with E-state index in [0.717, 1.165) is 30.6 Å². The minimum Gasteiger partial charge on any atom is -0.396 e. The smallest absolute Gasteiger partial charge is 0.226 e. The molecule has 23 heavy (non-hydrogen) atoms. The molecule has 5 heteroatoms. The van der Waals surface area contributed by atoms with E-state index in [1.165, 1.54) is 0 Å². The number of aliphatic hydroxyl groups excluding tert-OH is 1. The molecule has 0 fully saturated rings. The minimum atomic E-state index is -0.0828. The number of amides is 1. The first-order valence-corrected chi connectivity index (χ1v) is 8.12. The quantitative estimate of drug-likeness (QED) is 0.919. The van der Waals surface area contributed by atoms with Crippen molar-refractivity contribution in [1.82, 2.24) is 14.5 Å². The van der Waals surface area contributed by atoms with Crippen molar-refractivity contribution >= 4 is 5.91 Å². The van der Waals surface area contributed by atoms with Gasteiger partial charge in [0.1, 0.15) is 0 Å². The number of carbonyl (C=O) groups excluding carboxylic acids is 1. The van der Waals surface area contributed by atoms with Gasteiger partial charge in [0.05, 0.1) is 12.4 Å². The first-order chi connectivity index (χ1) is 11.2. The fraction of sp³-hybridized carbons (Fsp3) is 0.444. The Morgan fingerprint density at radius 1 is 1.43 bits per heavy atom. The lowest BCUT2D eigenvalue weighted by Crippen LogP contribution is -2.39. The van der Waals surface area contributed by atoms with Crippen molar-refractivity contribution in [3.63, 3.8) is 0 Å². The standard InChI is InChI=1S/C18H23N3O2/c1-20(17(8-10-22)14-5-3-2-4-6-14)18(23)15-7-9-21-13-19-12-16(21)11-15/h2-6,12-13,15,17,22H,7-11H2,1H3. The number of carbonyl (C=O) groups is 1. The number of benzene rings is 1. The SMILES string of the molecule is CN(C(=O)C1CCn2cncc2C1)C(CCO)c1ccccc1. The van der Waals surface area contributed by atoms with Gasteiger partial charge in [-0.15, -0.1) is 0 Å². The molecule has 0 saturated carbocycles. The number of aromatic nitrogens is 2. The second-order valence-electron chi connectivity index (χ2n) is 6.16. The van der Waals surface area contributed by atoms with Gasteiger partial charge in [0.15, 0.2) is 0 Å². The molecule has 1 aromatic carbocycles. The predicted molar refractivity (Wildman–Crippen MR) is 87.7 cm³/mol. The molecular weight excluding hydrogens is 290 g/mol. The second-order valence-corrected chi connectivity index (χ2v) is 6.16. The van der Waals surface area contributed by atoms with Gasteiger partial charge in [-0.3, -0.25) is 4.79 Å². The van der Waals surface area contributed by atoms with Crippen LogP contribution in [0.2, 0.25) is 0 Å². The summed E-state index contributed by atoms with van der Waals surface area (Å²) in [5.41, 5.74) is 2.19. The Bertz CT molecular complexity index is 653. The number of nitrogens with zero attached hydrogens (tertiary/aromatic N) is 3. The van der Waals surface area contributed by atoms with Crippen LogP contribution < -0.4 is 0 Å². The average molecular weight is 313 g/mol. The number of aliphatic hydroxyl groups is 1. The molecule has 2 unspecified atom stereocenters. The molecule has 1 N–H and O–H groups in total. The van der Waals surface area contributed by atoms with Crippen LogP contribution in [0.1, 0.15) is 30.1 Å². The van der Waals surface area contributed by atoms with E-state index >= 15 is 0 Å². The maximum absolute atomic E-state index is 12.9. The van der Waals surface area contributed by atoms with E-state index in [0.29, 0.717) is 6.42 Å². The first-order valence-electron chi connectivity index (χ1n) is 8.12. The lowest BCUT2D eigenvalue weighted by atomic mass is 9.93. The topological polar surface area (TPSA) is 58.4 Å². The summed E-state index contributed by atoms with van der Waals surface area (Å²) in [4.78, 5) is 18.9. The summed E-state index contributed by atoms with van der Waals surface area (Å²) in [6.07, 6.45) is 5.81. The third-order valence-electron chi connectivity index (χ3n) is 4.72. The van der Waals surface area contributed by atoms with Crippen LogP contribution in [0.3, 0.4) is 0 Å². The van der Waals surface area contributed by atoms with Crippen LogP contribution >= 0.6 is 0 Å². The van der Waals surface area contributed by atoms with Crippen molar-refractivity contribution in [2.75, 3.05) is 13.7 Å². The van der Waals surface area contributed by atoms with Crippen LogP contribution in [0.4, 0.5) is 0 Å².